The number of hydrogen-bond donors (Lipinski definition) is 0. The van der Waals surface area contributed by atoms with Crippen LogP contribution < -0.4 is 9.64 Å². The summed E-state index contributed by atoms with van der Waals surface area (Å²) < 4.78 is 5.55. The van der Waals surface area contributed by atoms with Gasteiger partial charge in [0.1, 0.15) is 11.4 Å². The highest BCUT2D eigenvalue weighted by molar-refractivity contribution is 6.45. The lowest BCUT2D eigenvalue weighted by Gasteiger charge is -2.36. The molecular weight excluding hydrogens is 426 g/mol. The van der Waals surface area contributed by atoms with E-state index in [1.807, 2.05) is 38.1 Å². The highest BCUT2D eigenvalue weighted by atomic mass is 35.5. The Balaban J connectivity index is 1.77. The highest BCUT2D eigenvalue weighted by Gasteiger charge is 2.43. The lowest BCUT2D eigenvalue weighted by molar-refractivity contribution is -0.120. The molecule has 1 fully saturated rings. The zero-order valence-electron chi connectivity index (χ0n) is 18.7. The minimum absolute atomic E-state index is 0.283. The quantitative estimate of drug-likeness (QED) is 0.619. The molecule has 0 radical (unpaired) electrons. The molecule has 2 aliphatic rings. The molecule has 168 valence electrons. The molecule has 0 aromatic heterocycles. The Morgan fingerprint density at radius 3 is 2.22 bits per heavy atom. The highest BCUT2D eigenvalue weighted by Crippen LogP contribution is 2.37. The van der Waals surface area contributed by atoms with Crippen LogP contribution in [-0.4, -0.2) is 60.9 Å². The van der Waals surface area contributed by atoms with Gasteiger partial charge < -0.3 is 14.5 Å². The van der Waals surface area contributed by atoms with Gasteiger partial charge in [-0.1, -0.05) is 30.7 Å². The van der Waals surface area contributed by atoms with Crippen LogP contribution in [-0.2, 0) is 9.59 Å². The smallest absolute Gasteiger partial charge is 0.282 e. The van der Waals surface area contributed by atoms with Crippen LogP contribution in [0.1, 0.15) is 25.0 Å². The van der Waals surface area contributed by atoms with Gasteiger partial charge in [0.25, 0.3) is 11.8 Å². The third kappa shape index (κ3) is 4.12. The molecule has 32 heavy (non-hydrogen) atoms. The first-order valence-corrected chi connectivity index (χ1v) is 11.4. The number of rotatable bonds is 6. The Labute approximate surface area is 194 Å². The van der Waals surface area contributed by atoms with Crippen molar-refractivity contribution in [1.82, 2.24) is 9.80 Å². The molecule has 4 rings (SSSR count). The fraction of sp³-hybridized carbons (Fsp3) is 0.360. The van der Waals surface area contributed by atoms with Crippen molar-refractivity contribution in [2.45, 2.75) is 20.8 Å². The summed E-state index contributed by atoms with van der Waals surface area (Å²) in [6, 6.07) is 12.6. The van der Waals surface area contributed by atoms with Gasteiger partial charge in [0.05, 0.1) is 17.9 Å². The van der Waals surface area contributed by atoms with E-state index in [1.165, 1.54) is 4.90 Å². The molecular formula is C25H28ClN3O3. The predicted molar refractivity (Wildman–Crippen MR) is 127 cm³/mol. The van der Waals surface area contributed by atoms with Crippen LogP contribution in [0.5, 0.6) is 5.75 Å². The molecule has 7 heteroatoms. The summed E-state index contributed by atoms with van der Waals surface area (Å²) in [5, 5.41) is 0.570. The molecule has 0 N–H and O–H groups in total. The number of carbonyl (C=O) groups is 2. The average molecular weight is 454 g/mol. The molecule has 0 saturated carbocycles. The van der Waals surface area contributed by atoms with E-state index in [0.29, 0.717) is 47.2 Å². The molecule has 6 nitrogen and oxygen atoms in total. The maximum atomic E-state index is 13.7. The van der Waals surface area contributed by atoms with Gasteiger partial charge in [0, 0.05) is 31.2 Å². The van der Waals surface area contributed by atoms with Crippen molar-refractivity contribution in [1.29, 1.82) is 0 Å². The van der Waals surface area contributed by atoms with Crippen LogP contribution in [0.25, 0.3) is 5.57 Å². The van der Waals surface area contributed by atoms with E-state index >= 15 is 0 Å². The monoisotopic (exact) mass is 453 g/mol. The molecule has 0 aliphatic carbocycles. The molecule has 1 saturated heterocycles. The zero-order valence-corrected chi connectivity index (χ0v) is 19.5. The zero-order chi connectivity index (χ0) is 22.8. The molecule has 2 aromatic rings. The van der Waals surface area contributed by atoms with E-state index in [1.54, 1.807) is 18.2 Å². The molecule has 0 atom stereocenters. The SMILES string of the molecule is CCOc1ccc(C2=C(N3CCN(CC)CC3)C(=O)N(c3ccc(Cl)cc3C)C2=O)cc1. The lowest BCUT2D eigenvalue weighted by atomic mass is 10.0. The van der Waals surface area contributed by atoms with E-state index < -0.39 is 0 Å². The first-order chi connectivity index (χ1) is 15.4. The van der Waals surface area contributed by atoms with Crippen LogP contribution in [0, 0.1) is 6.92 Å². The first-order valence-electron chi connectivity index (χ1n) is 11.0. The molecule has 0 bridgehead atoms. The van der Waals surface area contributed by atoms with Gasteiger partial charge in [-0.2, -0.15) is 0 Å². The number of carbonyl (C=O) groups excluding carboxylic acids is 2. The summed E-state index contributed by atoms with van der Waals surface area (Å²) in [7, 11) is 0. The van der Waals surface area contributed by atoms with Gasteiger partial charge in [-0.3, -0.25) is 9.59 Å². The van der Waals surface area contributed by atoms with E-state index in [0.717, 1.165) is 30.9 Å². The van der Waals surface area contributed by atoms with Gasteiger partial charge in [-0.05, 0) is 61.9 Å². The second-order valence-corrected chi connectivity index (χ2v) is 8.42. The second kappa shape index (κ2) is 9.35. The molecule has 2 aromatic carbocycles. The number of amides is 2. The van der Waals surface area contributed by atoms with E-state index in [2.05, 4.69) is 16.7 Å². The fourth-order valence-corrected chi connectivity index (χ4v) is 4.56. The number of likely N-dealkylation sites (N-methyl/N-ethyl adjacent to an activating group) is 1. The van der Waals surface area contributed by atoms with Gasteiger partial charge in [-0.15, -0.1) is 0 Å². The van der Waals surface area contributed by atoms with Crippen LogP contribution in [0.3, 0.4) is 0 Å². The van der Waals surface area contributed by atoms with Crippen molar-refractivity contribution < 1.29 is 14.3 Å². The van der Waals surface area contributed by atoms with Crippen molar-refractivity contribution in [2.75, 3.05) is 44.2 Å². The molecule has 2 aliphatic heterocycles. The van der Waals surface area contributed by atoms with Gasteiger partial charge in [0.15, 0.2) is 0 Å². The minimum atomic E-state index is -0.308. The van der Waals surface area contributed by atoms with Crippen molar-refractivity contribution in [3.05, 3.63) is 64.3 Å². The molecule has 2 heterocycles. The number of benzene rings is 2. The minimum Gasteiger partial charge on any atom is -0.494 e. The third-order valence-corrected chi connectivity index (χ3v) is 6.28. The third-order valence-electron chi connectivity index (χ3n) is 6.05. The van der Waals surface area contributed by atoms with Crippen molar-refractivity contribution in [3.8, 4) is 5.75 Å². The van der Waals surface area contributed by atoms with Gasteiger partial charge in [0.2, 0.25) is 0 Å². The van der Waals surface area contributed by atoms with Crippen LogP contribution in [0.4, 0.5) is 5.69 Å². The summed E-state index contributed by atoms with van der Waals surface area (Å²) in [5.74, 6) is 0.142. The standard InChI is InChI=1S/C25H28ClN3O3/c1-4-27-12-14-28(15-13-27)23-22(18-6-9-20(10-7-18)32-5-2)24(30)29(25(23)31)21-11-8-19(26)16-17(21)3/h6-11,16H,4-5,12-15H2,1-3H3. The van der Waals surface area contributed by atoms with Crippen molar-refractivity contribution >= 4 is 34.7 Å². The van der Waals surface area contributed by atoms with Crippen LogP contribution >= 0.6 is 11.6 Å². The average Bonchev–Trinajstić information content (AvgIpc) is 3.05. The summed E-state index contributed by atoms with van der Waals surface area (Å²) in [6.45, 7) is 10.6. The summed E-state index contributed by atoms with van der Waals surface area (Å²) >= 11 is 6.12. The first kappa shape index (κ1) is 22.4. The normalized spacial score (nSPS) is 17.5. The number of imide groups is 1. The number of nitrogens with zero attached hydrogens (tertiary/aromatic N) is 3. The van der Waals surface area contributed by atoms with E-state index in [4.69, 9.17) is 16.3 Å². The maximum absolute atomic E-state index is 13.7. The largest absolute Gasteiger partial charge is 0.494 e. The summed E-state index contributed by atoms with van der Waals surface area (Å²) in [5.41, 5.74) is 2.98. The topological polar surface area (TPSA) is 53.1 Å². The Hall–Kier alpha value is -2.83. The maximum Gasteiger partial charge on any atom is 0.282 e. The summed E-state index contributed by atoms with van der Waals surface area (Å²) in [4.78, 5) is 33.1. The summed E-state index contributed by atoms with van der Waals surface area (Å²) in [6.07, 6.45) is 0. The Morgan fingerprint density at radius 1 is 0.938 bits per heavy atom. The molecule has 2 amide bonds. The Kier molecular flexibility index (Phi) is 6.53. The number of piperazine rings is 1. The van der Waals surface area contributed by atoms with Crippen molar-refractivity contribution in [3.63, 3.8) is 0 Å². The van der Waals surface area contributed by atoms with E-state index in [9.17, 15) is 9.59 Å². The fourth-order valence-electron chi connectivity index (χ4n) is 4.33. The second-order valence-electron chi connectivity index (χ2n) is 7.98. The molecule has 0 unspecified atom stereocenters. The van der Waals surface area contributed by atoms with Gasteiger partial charge >= 0.3 is 0 Å². The predicted octanol–water partition coefficient (Wildman–Crippen LogP) is 3.97. The number of aryl methyl sites for hydroxylation is 1. The number of ether oxygens (including phenoxy) is 1. The Bertz CT molecular complexity index is 1060. The number of anilines is 1. The Morgan fingerprint density at radius 2 is 1.62 bits per heavy atom. The number of hydrogen-bond acceptors (Lipinski definition) is 5. The van der Waals surface area contributed by atoms with Crippen molar-refractivity contribution in [2.24, 2.45) is 0 Å². The van der Waals surface area contributed by atoms with E-state index in [-0.39, 0.29) is 11.8 Å². The van der Waals surface area contributed by atoms with Gasteiger partial charge in [-0.25, -0.2) is 4.90 Å². The lowest BCUT2D eigenvalue weighted by Crippen LogP contribution is -2.47. The van der Waals surface area contributed by atoms with Crippen LogP contribution in [0.2, 0.25) is 5.02 Å². The molecule has 0 spiro atoms. The van der Waals surface area contributed by atoms with Crippen LogP contribution in [0.15, 0.2) is 48.2 Å². The number of halogens is 1.